The number of carbonyl (C=O) groups excluding carboxylic acids is 1. The van der Waals surface area contributed by atoms with Gasteiger partial charge in [0.15, 0.2) is 0 Å². The minimum Gasteiger partial charge on any atom is -0.444 e. The average molecular weight is 373 g/mol. The van der Waals surface area contributed by atoms with Crippen LogP contribution in [0.1, 0.15) is 45.2 Å². The van der Waals surface area contributed by atoms with E-state index in [0.717, 1.165) is 6.26 Å². The predicted molar refractivity (Wildman–Crippen MR) is 91.0 cm³/mol. The van der Waals surface area contributed by atoms with Crippen molar-refractivity contribution in [3.05, 3.63) is 35.6 Å². The van der Waals surface area contributed by atoms with Crippen molar-refractivity contribution in [2.24, 2.45) is 0 Å². The summed E-state index contributed by atoms with van der Waals surface area (Å²) < 4.78 is 46.6. The van der Waals surface area contributed by atoms with E-state index in [1.807, 2.05) is 0 Å². The first-order valence-corrected chi connectivity index (χ1v) is 9.89. The van der Waals surface area contributed by atoms with E-state index in [1.165, 1.54) is 12.1 Å². The van der Waals surface area contributed by atoms with Gasteiger partial charge in [-0.25, -0.2) is 9.18 Å². The molecule has 0 saturated carbocycles. The normalized spacial score (nSPS) is 21.9. The Kier molecular flexibility index (Phi) is 5.73. The molecule has 1 fully saturated rings. The SMILES string of the molecule is CC(C)(C)OC(=O)N1CC[C@@H](OS(C)(=O)=O)C[C@H]1c1ccc(F)cc1. The van der Waals surface area contributed by atoms with E-state index in [1.54, 1.807) is 37.8 Å². The quantitative estimate of drug-likeness (QED) is 0.761. The molecule has 25 heavy (non-hydrogen) atoms. The molecular formula is C17H24FNO5S. The minimum absolute atomic E-state index is 0.289. The van der Waals surface area contributed by atoms with Crippen LogP contribution in [0.2, 0.25) is 0 Å². The molecule has 0 spiro atoms. The molecule has 0 aromatic heterocycles. The standard InChI is InChI=1S/C17H24FNO5S/c1-17(2,3)23-16(20)19-10-9-14(24-25(4,21)22)11-15(19)12-5-7-13(18)8-6-12/h5-8,14-15H,9-11H2,1-4H3/t14-,15+/m1/s1. The molecule has 1 aromatic rings. The van der Waals surface area contributed by atoms with Crippen LogP contribution in [0.5, 0.6) is 0 Å². The molecule has 6 nitrogen and oxygen atoms in total. The molecule has 0 radical (unpaired) electrons. The molecule has 0 unspecified atom stereocenters. The van der Waals surface area contributed by atoms with Crippen LogP contribution in [0.3, 0.4) is 0 Å². The zero-order chi connectivity index (χ0) is 18.8. The van der Waals surface area contributed by atoms with E-state index in [9.17, 15) is 17.6 Å². The number of halogens is 1. The highest BCUT2D eigenvalue weighted by molar-refractivity contribution is 7.86. The van der Waals surface area contributed by atoms with Gasteiger partial charge in [-0.3, -0.25) is 4.18 Å². The Hall–Kier alpha value is -1.67. The van der Waals surface area contributed by atoms with Gasteiger partial charge in [-0.15, -0.1) is 0 Å². The first kappa shape index (κ1) is 19.7. The maximum Gasteiger partial charge on any atom is 0.410 e. The van der Waals surface area contributed by atoms with Gasteiger partial charge in [0.25, 0.3) is 10.1 Å². The molecule has 0 bridgehead atoms. The summed E-state index contributed by atoms with van der Waals surface area (Å²) in [7, 11) is -3.60. The van der Waals surface area contributed by atoms with Gasteiger partial charge in [0.2, 0.25) is 0 Å². The lowest BCUT2D eigenvalue weighted by atomic mass is 9.94. The number of hydrogen-bond acceptors (Lipinski definition) is 5. The molecule has 1 amide bonds. The van der Waals surface area contributed by atoms with Gasteiger partial charge in [-0.2, -0.15) is 8.42 Å². The van der Waals surface area contributed by atoms with Crippen LogP contribution in [0.4, 0.5) is 9.18 Å². The molecule has 140 valence electrons. The van der Waals surface area contributed by atoms with Gasteiger partial charge >= 0.3 is 6.09 Å². The number of carbonyl (C=O) groups is 1. The van der Waals surface area contributed by atoms with Crippen molar-refractivity contribution >= 4 is 16.2 Å². The van der Waals surface area contributed by atoms with Crippen LogP contribution in [-0.4, -0.2) is 43.9 Å². The Labute approximate surface area is 148 Å². The van der Waals surface area contributed by atoms with Gasteiger partial charge < -0.3 is 9.64 Å². The molecule has 8 heteroatoms. The Morgan fingerprint density at radius 3 is 2.36 bits per heavy atom. The maximum atomic E-state index is 13.2. The lowest BCUT2D eigenvalue weighted by molar-refractivity contribution is -0.00362. The smallest absolute Gasteiger partial charge is 0.410 e. The summed E-state index contributed by atoms with van der Waals surface area (Å²) in [4.78, 5) is 14.1. The Bertz CT molecular complexity index is 712. The summed E-state index contributed by atoms with van der Waals surface area (Å²) in [6.45, 7) is 5.61. The second-order valence-corrected chi connectivity index (χ2v) is 8.79. The van der Waals surface area contributed by atoms with Gasteiger partial charge in [0, 0.05) is 6.54 Å². The zero-order valence-corrected chi connectivity index (χ0v) is 15.7. The summed E-state index contributed by atoms with van der Waals surface area (Å²) in [5, 5.41) is 0. The van der Waals surface area contributed by atoms with E-state index in [4.69, 9.17) is 8.92 Å². The van der Waals surface area contributed by atoms with E-state index in [0.29, 0.717) is 12.0 Å². The van der Waals surface area contributed by atoms with E-state index in [2.05, 4.69) is 0 Å². The Balaban J connectivity index is 2.25. The fourth-order valence-corrected chi connectivity index (χ4v) is 3.48. The number of piperidine rings is 1. The average Bonchev–Trinajstić information content (AvgIpc) is 2.44. The molecule has 1 heterocycles. The second-order valence-electron chi connectivity index (χ2n) is 7.19. The number of likely N-dealkylation sites (tertiary alicyclic amines) is 1. The fraction of sp³-hybridized carbons (Fsp3) is 0.588. The number of benzene rings is 1. The molecule has 1 aliphatic rings. The first-order chi connectivity index (χ1) is 11.4. The van der Waals surface area contributed by atoms with E-state index < -0.39 is 34.0 Å². The highest BCUT2D eigenvalue weighted by atomic mass is 32.2. The van der Waals surface area contributed by atoms with Gasteiger partial charge in [-0.1, -0.05) is 12.1 Å². The van der Waals surface area contributed by atoms with Crippen molar-refractivity contribution in [2.75, 3.05) is 12.8 Å². The van der Waals surface area contributed by atoms with Crippen molar-refractivity contribution in [2.45, 2.75) is 51.4 Å². The van der Waals surface area contributed by atoms with E-state index >= 15 is 0 Å². The van der Waals surface area contributed by atoms with Gasteiger partial charge in [-0.05, 0) is 51.3 Å². The first-order valence-electron chi connectivity index (χ1n) is 8.08. The Morgan fingerprint density at radius 1 is 1.24 bits per heavy atom. The summed E-state index contributed by atoms with van der Waals surface area (Å²) in [6, 6.07) is 5.34. The number of ether oxygens (including phenoxy) is 1. The molecule has 1 aliphatic heterocycles. The molecule has 2 atom stereocenters. The molecule has 2 rings (SSSR count). The minimum atomic E-state index is -3.60. The van der Waals surface area contributed by atoms with Crippen LogP contribution < -0.4 is 0 Å². The van der Waals surface area contributed by atoms with E-state index in [-0.39, 0.29) is 18.8 Å². The molecular weight excluding hydrogens is 349 g/mol. The van der Waals surface area contributed by atoms with Crippen LogP contribution in [0.15, 0.2) is 24.3 Å². The molecule has 0 aliphatic carbocycles. The lowest BCUT2D eigenvalue weighted by Crippen LogP contribution is -2.45. The number of nitrogens with zero attached hydrogens (tertiary/aromatic N) is 1. The molecule has 1 aromatic carbocycles. The third-order valence-corrected chi connectivity index (χ3v) is 4.37. The Morgan fingerprint density at radius 2 is 1.84 bits per heavy atom. The second kappa shape index (κ2) is 7.29. The zero-order valence-electron chi connectivity index (χ0n) is 14.9. The van der Waals surface area contributed by atoms with Gasteiger partial charge in [0.05, 0.1) is 18.4 Å². The summed E-state index contributed by atoms with van der Waals surface area (Å²) in [6.07, 6.45) is 0.644. The monoisotopic (exact) mass is 373 g/mol. The highest BCUT2D eigenvalue weighted by Crippen LogP contribution is 2.34. The molecule has 0 N–H and O–H groups in total. The third-order valence-electron chi connectivity index (χ3n) is 3.75. The molecule has 1 saturated heterocycles. The van der Waals surface area contributed by atoms with Crippen LogP contribution in [0, 0.1) is 5.82 Å². The fourth-order valence-electron chi connectivity index (χ4n) is 2.81. The largest absolute Gasteiger partial charge is 0.444 e. The van der Waals surface area contributed by atoms with Crippen molar-refractivity contribution in [1.29, 1.82) is 0 Å². The number of rotatable bonds is 3. The highest BCUT2D eigenvalue weighted by Gasteiger charge is 2.36. The van der Waals surface area contributed by atoms with Crippen LogP contribution in [0.25, 0.3) is 0 Å². The number of amides is 1. The van der Waals surface area contributed by atoms with Gasteiger partial charge in [0.1, 0.15) is 11.4 Å². The summed E-state index contributed by atoms with van der Waals surface area (Å²) in [5.41, 5.74) is 0.0546. The van der Waals surface area contributed by atoms with Crippen molar-refractivity contribution in [1.82, 2.24) is 4.90 Å². The predicted octanol–water partition coefficient (Wildman–Crippen LogP) is 3.24. The van der Waals surface area contributed by atoms with Crippen LogP contribution >= 0.6 is 0 Å². The topological polar surface area (TPSA) is 72.9 Å². The summed E-state index contributed by atoms with van der Waals surface area (Å²) >= 11 is 0. The lowest BCUT2D eigenvalue weighted by Gasteiger charge is -2.39. The van der Waals surface area contributed by atoms with Crippen molar-refractivity contribution < 1.29 is 26.5 Å². The third kappa shape index (κ3) is 5.97. The van der Waals surface area contributed by atoms with Crippen molar-refractivity contribution in [3.63, 3.8) is 0 Å². The van der Waals surface area contributed by atoms with Crippen LogP contribution in [-0.2, 0) is 19.0 Å². The maximum absolute atomic E-state index is 13.2. The van der Waals surface area contributed by atoms with Crippen molar-refractivity contribution in [3.8, 4) is 0 Å². The summed E-state index contributed by atoms with van der Waals surface area (Å²) in [5.74, 6) is -0.382. The number of hydrogen-bond donors (Lipinski definition) is 0.